The van der Waals surface area contributed by atoms with Gasteiger partial charge >= 0.3 is 0 Å². The molecule has 1 heterocycles. The van der Waals surface area contributed by atoms with Crippen LogP contribution in [-0.4, -0.2) is 25.7 Å². The van der Waals surface area contributed by atoms with E-state index in [1.807, 2.05) is 18.2 Å². The summed E-state index contributed by atoms with van der Waals surface area (Å²) in [5.74, 6) is 1.03. The van der Waals surface area contributed by atoms with E-state index in [0.717, 1.165) is 0 Å². The van der Waals surface area contributed by atoms with Gasteiger partial charge in [0.2, 0.25) is 6.10 Å². The number of hydrogen-bond acceptors (Lipinski definition) is 4. The number of benzene rings is 1. The molecular formula is C10H12N2O3. The second kappa shape index (κ2) is 4.18. The SMILES string of the molecule is CNNC(=O)[C@@H]1COc2ccccc2O1. The van der Waals surface area contributed by atoms with Crippen LogP contribution in [-0.2, 0) is 4.79 Å². The summed E-state index contributed by atoms with van der Waals surface area (Å²) in [5.41, 5.74) is 5.01. The molecule has 80 valence electrons. The highest BCUT2D eigenvalue weighted by atomic mass is 16.6. The minimum absolute atomic E-state index is 0.227. The van der Waals surface area contributed by atoms with Crippen LogP contribution in [0, 0.1) is 0 Å². The van der Waals surface area contributed by atoms with Crippen LogP contribution >= 0.6 is 0 Å². The van der Waals surface area contributed by atoms with Crippen LogP contribution < -0.4 is 20.3 Å². The lowest BCUT2D eigenvalue weighted by Gasteiger charge is -2.25. The minimum Gasteiger partial charge on any atom is -0.485 e. The van der Waals surface area contributed by atoms with E-state index in [9.17, 15) is 4.79 Å². The highest BCUT2D eigenvalue weighted by Crippen LogP contribution is 2.30. The molecule has 0 aliphatic carbocycles. The lowest BCUT2D eigenvalue weighted by Crippen LogP contribution is -2.47. The second-order valence-electron chi connectivity index (χ2n) is 3.10. The number of hydrogen-bond donors (Lipinski definition) is 2. The molecule has 0 bridgehead atoms. The predicted octanol–water partition coefficient (Wildman–Crippen LogP) is 0.0770. The first kappa shape index (κ1) is 9.79. The van der Waals surface area contributed by atoms with Crippen molar-refractivity contribution < 1.29 is 14.3 Å². The standard InChI is InChI=1S/C10H12N2O3/c1-11-12-10(13)9-6-14-7-4-2-3-5-8(7)15-9/h2-5,9,11H,6H2,1H3,(H,12,13)/t9-/m0/s1. The van der Waals surface area contributed by atoms with Gasteiger partial charge < -0.3 is 9.47 Å². The van der Waals surface area contributed by atoms with Gasteiger partial charge in [-0.1, -0.05) is 12.1 Å². The summed E-state index contributed by atoms with van der Waals surface area (Å²) in [6, 6.07) is 7.27. The van der Waals surface area contributed by atoms with Crippen molar-refractivity contribution in [2.75, 3.05) is 13.7 Å². The number of carbonyl (C=O) groups excluding carboxylic acids is 1. The van der Waals surface area contributed by atoms with E-state index in [1.54, 1.807) is 13.1 Å². The fraction of sp³-hybridized carbons (Fsp3) is 0.300. The number of carbonyl (C=O) groups is 1. The molecule has 0 saturated heterocycles. The molecule has 5 heteroatoms. The monoisotopic (exact) mass is 208 g/mol. The van der Waals surface area contributed by atoms with Crippen LogP contribution in [0.3, 0.4) is 0 Å². The third-order valence-electron chi connectivity index (χ3n) is 2.05. The summed E-state index contributed by atoms with van der Waals surface area (Å²) in [6.07, 6.45) is -0.604. The van der Waals surface area contributed by atoms with E-state index < -0.39 is 6.10 Å². The average Bonchev–Trinajstić information content (AvgIpc) is 2.29. The van der Waals surface area contributed by atoms with Gasteiger partial charge in [0.05, 0.1) is 0 Å². The van der Waals surface area contributed by atoms with Gasteiger partial charge in [-0.2, -0.15) is 0 Å². The molecule has 2 N–H and O–H groups in total. The summed E-state index contributed by atoms with van der Waals surface area (Å²) in [7, 11) is 1.62. The third kappa shape index (κ3) is 2.02. The Morgan fingerprint density at radius 1 is 1.40 bits per heavy atom. The van der Waals surface area contributed by atoms with Gasteiger partial charge in [-0.3, -0.25) is 10.2 Å². The van der Waals surface area contributed by atoms with E-state index >= 15 is 0 Å². The third-order valence-corrected chi connectivity index (χ3v) is 2.05. The Kier molecular flexibility index (Phi) is 2.73. The van der Waals surface area contributed by atoms with Crippen LogP contribution in [0.2, 0.25) is 0 Å². The number of fused-ring (bicyclic) bond motifs is 1. The van der Waals surface area contributed by atoms with Crippen molar-refractivity contribution in [3.63, 3.8) is 0 Å². The van der Waals surface area contributed by atoms with Crippen LogP contribution in [0.4, 0.5) is 0 Å². The summed E-state index contributed by atoms with van der Waals surface area (Å²) in [6.45, 7) is 0.227. The van der Waals surface area contributed by atoms with E-state index in [1.165, 1.54) is 0 Å². The maximum absolute atomic E-state index is 11.4. The van der Waals surface area contributed by atoms with Crippen LogP contribution in [0.25, 0.3) is 0 Å². The Morgan fingerprint density at radius 2 is 2.13 bits per heavy atom. The molecule has 2 rings (SSSR count). The normalized spacial score (nSPS) is 18.3. The van der Waals surface area contributed by atoms with Crippen LogP contribution in [0.5, 0.6) is 11.5 Å². The molecule has 1 aromatic rings. The van der Waals surface area contributed by atoms with Crippen molar-refractivity contribution in [2.45, 2.75) is 6.10 Å². The van der Waals surface area contributed by atoms with E-state index in [0.29, 0.717) is 11.5 Å². The molecular weight excluding hydrogens is 196 g/mol. The average molecular weight is 208 g/mol. The molecule has 0 radical (unpaired) electrons. The largest absolute Gasteiger partial charge is 0.485 e. The van der Waals surface area contributed by atoms with Crippen molar-refractivity contribution in [1.29, 1.82) is 0 Å². The lowest BCUT2D eigenvalue weighted by atomic mass is 10.2. The van der Waals surface area contributed by atoms with Gasteiger partial charge in [-0.05, 0) is 12.1 Å². The summed E-state index contributed by atoms with van der Waals surface area (Å²) < 4.78 is 10.9. The predicted molar refractivity (Wildman–Crippen MR) is 53.6 cm³/mol. The zero-order valence-corrected chi connectivity index (χ0v) is 8.32. The zero-order chi connectivity index (χ0) is 10.7. The molecule has 0 saturated carbocycles. The minimum atomic E-state index is -0.604. The van der Waals surface area contributed by atoms with Crippen molar-refractivity contribution in [2.24, 2.45) is 0 Å². The van der Waals surface area contributed by atoms with Crippen LogP contribution in [0.15, 0.2) is 24.3 Å². The van der Waals surface area contributed by atoms with Gasteiger partial charge in [0, 0.05) is 7.05 Å². The number of nitrogens with one attached hydrogen (secondary N) is 2. The first-order chi connectivity index (χ1) is 7.31. The number of ether oxygens (including phenoxy) is 2. The maximum atomic E-state index is 11.4. The number of rotatable bonds is 2. The van der Waals surface area contributed by atoms with E-state index in [2.05, 4.69) is 10.9 Å². The Labute approximate surface area is 87.3 Å². The zero-order valence-electron chi connectivity index (χ0n) is 8.32. The Balaban J connectivity index is 2.08. The second-order valence-corrected chi connectivity index (χ2v) is 3.10. The molecule has 0 spiro atoms. The number of amides is 1. The Bertz CT molecular complexity index is 367. The summed E-state index contributed by atoms with van der Waals surface area (Å²) in [5, 5.41) is 0. The van der Waals surface area contributed by atoms with Gasteiger partial charge in [-0.25, -0.2) is 5.43 Å². The Morgan fingerprint density at radius 3 is 2.87 bits per heavy atom. The fourth-order valence-corrected chi connectivity index (χ4v) is 1.35. The molecule has 1 aliphatic heterocycles. The van der Waals surface area contributed by atoms with Crippen molar-refractivity contribution in [3.8, 4) is 11.5 Å². The van der Waals surface area contributed by atoms with Gasteiger partial charge in [0.25, 0.3) is 5.91 Å². The number of hydrazine groups is 1. The van der Waals surface area contributed by atoms with Gasteiger partial charge in [-0.15, -0.1) is 0 Å². The van der Waals surface area contributed by atoms with E-state index in [-0.39, 0.29) is 12.5 Å². The highest BCUT2D eigenvalue weighted by molar-refractivity contribution is 5.81. The smallest absolute Gasteiger partial charge is 0.278 e. The van der Waals surface area contributed by atoms with Crippen molar-refractivity contribution in [3.05, 3.63) is 24.3 Å². The summed E-state index contributed by atoms with van der Waals surface area (Å²) in [4.78, 5) is 11.4. The quantitative estimate of drug-likeness (QED) is 0.676. The highest BCUT2D eigenvalue weighted by Gasteiger charge is 2.26. The first-order valence-corrected chi connectivity index (χ1v) is 4.66. The molecule has 5 nitrogen and oxygen atoms in total. The molecule has 0 aromatic heterocycles. The molecule has 15 heavy (non-hydrogen) atoms. The van der Waals surface area contributed by atoms with Crippen LogP contribution in [0.1, 0.15) is 0 Å². The molecule has 1 amide bonds. The van der Waals surface area contributed by atoms with Gasteiger partial charge in [0.1, 0.15) is 6.61 Å². The Hall–Kier alpha value is -1.75. The first-order valence-electron chi connectivity index (χ1n) is 4.66. The summed E-state index contributed by atoms with van der Waals surface area (Å²) >= 11 is 0. The van der Waals surface area contributed by atoms with Crippen molar-refractivity contribution >= 4 is 5.91 Å². The molecule has 1 aliphatic rings. The topological polar surface area (TPSA) is 59.6 Å². The lowest BCUT2D eigenvalue weighted by molar-refractivity contribution is -0.131. The molecule has 0 fully saturated rings. The van der Waals surface area contributed by atoms with Gasteiger partial charge in [0.15, 0.2) is 11.5 Å². The maximum Gasteiger partial charge on any atom is 0.278 e. The molecule has 1 atom stereocenters. The van der Waals surface area contributed by atoms with E-state index in [4.69, 9.17) is 9.47 Å². The fourth-order valence-electron chi connectivity index (χ4n) is 1.35. The molecule has 0 unspecified atom stereocenters. The molecule has 1 aromatic carbocycles. The van der Waals surface area contributed by atoms with Crippen molar-refractivity contribution in [1.82, 2.24) is 10.9 Å². The number of para-hydroxylation sites is 2.